The van der Waals surface area contributed by atoms with Crippen LogP contribution in [-0.2, 0) is 4.74 Å². The van der Waals surface area contributed by atoms with Crippen LogP contribution in [0.25, 0.3) is 0 Å². The molecular formula is C7H14N2OS. The summed E-state index contributed by atoms with van der Waals surface area (Å²) < 4.78 is 5.35. The molecule has 0 spiro atoms. The first-order valence-electron chi connectivity index (χ1n) is 4.01. The molecule has 0 radical (unpaired) electrons. The third-order valence-corrected chi connectivity index (χ3v) is 3.49. The van der Waals surface area contributed by atoms with Crippen LogP contribution < -0.4 is 11.1 Å². The van der Waals surface area contributed by atoms with Crippen LogP contribution in [0.15, 0.2) is 0 Å². The Morgan fingerprint density at radius 3 is 3.36 bits per heavy atom. The predicted molar refractivity (Wildman–Crippen MR) is 46.3 cm³/mol. The van der Waals surface area contributed by atoms with E-state index in [4.69, 9.17) is 10.5 Å². The summed E-state index contributed by atoms with van der Waals surface area (Å²) in [7, 11) is 0. The molecule has 2 aliphatic rings. The Bertz CT molecular complexity index is 141. The number of fused-ring (bicyclic) bond motifs is 1. The van der Waals surface area contributed by atoms with Gasteiger partial charge in [0.2, 0.25) is 0 Å². The molecule has 2 heterocycles. The predicted octanol–water partition coefficient (Wildman–Crippen LogP) is -0.0282. The topological polar surface area (TPSA) is 47.3 Å². The molecular weight excluding hydrogens is 160 g/mol. The smallest absolute Gasteiger partial charge is 0.0946 e. The average molecular weight is 174 g/mol. The molecule has 3 nitrogen and oxygen atoms in total. The van der Waals surface area contributed by atoms with Crippen LogP contribution in [0, 0.1) is 5.92 Å². The van der Waals surface area contributed by atoms with Crippen molar-refractivity contribution < 1.29 is 4.74 Å². The Morgan fingerprint density at radius 1 is 1.64 bits per heavy atom. The lowest BCUT2D eigenvalue weighted by Gasteiger charge is -2.44. The third-order valence-electron chi connectivity index (χ3n) is 2.50. The second-order valence-corrected chi connectivity index (χ2v) is 4.30. The van der Waals surface area contributed by atoms with Gasteiger partial charge in [0.15, 0.2) is 0 Å². The van der Waals surface area contributed by atoms with Crippen LogP contribution in [0.2, 0.25) is 0 Å². The van der Waals surface area contributed by atoms with Gasteiger partial charge < -0.3 is 10.5 Å². The number of hydrogen-bond acceptors (Lipinski definition) is 4. The number of nitrogens with one attached hydrogen (secondary N) is 1. The monoisotopic (exact) mass is 174 g/mol. The Balaban J connectivity index is 2.06. The van der Waals surface area contributed by atoms with Gasteiger partial charge in [-0.1, -0.05) is 0 Å². The van der Waals surface area contributed by atoms with Crippen LogP contribution in [-0.4, -0.2) is 30.5 Å². The van der Waals surface area contributed by atoms with Crippen LogP contribution >= 0.6 is 11.8 Å². The first-order chi connectivity index (χ1) is 5.31. The Morgan fingerprint density at radius 2 is 2.55 bits per heavy atom. The zero-order chi connectivity index (χ0) is 7.73. The molecule has 64 valence electrons. The molecule has 2 aliphatic heterocycles. The molecule has 2 rings (SSSR count). The molecule has 0 aromatic carbocycles. The second-order valence-electron chi connectivity index (χ2n) is 3.27. The summed E-state index contributed by atoms with van der Waals surface area (Å²) in [5.74, 6) is 2.76. The van der Waals surface area contributed by atoms with E-state index in [9.17, 15) is 0 Å². The fourth-order valence-electron chi connectivity index (χ4n) is 1.66. The van der Waals surface area contributed by atoms with E-state index in [1.807, 2.05) is 11.8 Å². The lowest BCUT2D eigenvalue weighted by atomic mass is 9.90. The highest BCUT2D eigenvalue weighted by Gasteiger charge is 2.39. The van der Waals surface area contributed by atoms with Crippen LogP contribution in [0.4, 0.5) is 0 Å². The number of hydrogen-bond donors (Lipinski definition) is 2. The van der Waals surface area contributed by atoms with E-state index in [-0.39, 0.29) is 5.66 Å². The molecule has 4 heteroatoms. The van der Waals surface area contributed by atoms with E-state index in [1.165, 1.54) is 5.75 Å². The second kappa shape index (κ2) is 2.94. The van der Waals surface area contributed by atoms with Crippen molar-refractivity contribution in [1.82, 2.24) is 5.32 Å². The van der Waals surface area contributed by atoms with Crippen molar-refractivity contribution in [3.05, 3.63) is 0 Å². The highest BCUT2D eigenvalue weighted by molar-refractivity contribution is 7.99. The molecule has 2 unspecified atom stereocenters. The van der Waals surface area contributed by atoms with E-state index in [2.05, 4.69) is 5.32 Å². The van der Waals surface area contributed by atoms with Crippen LogP contribution in [0.1, 0.15) is 6.42 Å². The summed E-state index contributed by atoms with van der Waals surface area (Å²) in [5.41, 5.74) is 5.90. The molecule has 0 aromatic rings. The molecule has 11 heavy (non-hydrogen) atoms. The van der Waals surface area contributed by atoms with Gasteiger partial charge in [-0.15, -0.1) is 11.8 Å². The maximum atomic E-state index is 6.11. The SMILES string of the molecule is NC12COCCC1CSCN2. The number of ether oxygens (including phenoxy) is 1. The standard InChI is InChI=1S/C7H14N2OS/c8-7-4-10-2-1-6(7)3-11-5-9-7/h6,9H,1-5,8H2. The van der Waals surface area contributed by atoms with Crippen molar-refractivity contribution in [2.45, 2.75) is 12.1 Å². The summed E-state index contributed by atoms with van der Waals surface area (Å²) in [6.45, 7) is 1.56. The fourth-order valence-corrected chi connectivity index (χ4v) is 2.89. The molecule has 2 saturated heterocycles. The maximum absolute atomic E-state index is 6.11. The fraction of sp³-hybridized carbons (Fsp3) is 1.00. The molecule has 0 aliphatic carbocycles. The summed E-state index contributed by atoms with van der Waals surface area (Å²) in [5, 5.41) is 3.31. The lowest BCUT2D eigenvalue weighted by molar-refractivity contribution is -0.00975. The minimum absolute atomic E-state index is 0.219. The molecule has 0 aromatic heterocycles. The van der Waals surface area contributed by atoms with E-state index in [0.717, 1.165) is 18.9 Å². The van der Waals surface area contributed by atoms with E-state index in [0.29, 0.717) is 12.5 Å². The summed E-state index contributed by atoms with van der Waals surface area (Å²) in [4.78, 5) is 0. The minimum atomic E-state index is -0.219. The van der Waals surface area contributed by atoms with Gasteiger partial charge >= 0.3 is 0 Å². The van der Waals surface area contributed by atoms with Gasteiger partial charge in [0, 0.05) is 24.2 Å². The quantitative estimate of drug-likeness (QED) is 0.541. The average Bonchev–Trinajstić information content (AvgIpc) is 2.03. The first-order valence-corrected chi connectivity index (χ1v) is 5.16. The van der Waals surface area contributed by atoms with Gasteiger partial charge in [0.25, 0.3) is 0 Å². The third kappa shape index (κ3) is 1.40. The Kier molecular flexibility index (Phi) is 2.10. The van der Waals surface area contributed by atoms with Gasteiger partial charge in [0.05, 0.1) is 12.3 Å². The summed E-state index contributed by atoms with van der Waals surface area (Å²) in [6.07, 6.45) is 1.11. The van der Waals surface area contributed by atoms with Crippen molar-refractivity contribution in [2.75, 3.05) is 24.8 Å². The number of nitrogens with two attached hydrogens (primary N) is 1. The molecule has 3 N–H and O–H groups in total. The first kappa shape index (κ1) is 7.86. The molecule has 0 amide bonds. The molecule has 2 atom stereocenters. The van der Waals surface area contributed by atoms with Gasteiger partial charge in [-0.25, -0.2) is 0 Å². The maximum Gasteiger partial charge on any atom is 0.0946 e. The highest BCUT2D eigenvalue weighted by atomic mass is 32.2. The highest BCUT2D eigenvalue weighted by Crippen LogP contribution is 2.29. The van der Waals surface area contributed by atoms with Gasteiger partial charge in [-0.05, 0) is 6.42 Å². The molecule has 2 fully saturated rings. The largest absolute Gasteiger partial charge is 0.378 e. The number of rotatable bonds is 0. The van der Waals surface area contributed by atoms with Crippen LogP contribution in [0.5, 0.6) is 0 Å². The van der Waals surface area contributed by atoms with E-state index in [1.54, 1.807) is 0 Å². The lowest BCUT2D eigenvalue weighted by Crippen LogP contribution is -2.66. The summed E-state index contributed by atoms with van der Waals surface area (Å²) in [6, 6.07) is 0. The zero-order valence-electron chi connectivity index (χ0n) is 6.51. The minimum Gasteiger partial charge on any atom is -0.378 e. The van der Waals surface area contributed by atoms with Gasteiger partial charge in [0.1, 0.15) is 0 Å². The Hall–Kier alpha value is 0.230. The van der Waals surface area contributed by atoms with Gasteiger partial charge in [-0.2, -0.15) is 0 Å². The van der Waals surface area contributed by atoms with Gasteiger partial charge in [-0.3, -0.25) is 5.32 Å². The van der Waals surface area contributed by atoms with Crippen molar-refractivity contribution in [3.8, 4) is 0 Å². The van der Waals surface area contributed by atoms with Crippen molar-refractivity contribution >= 4 is 11.8 Å². The van der Waals surface area contributed by atoms with Crippen molar-refractivity contribution in [1.29, 1.82) is 0 Å². The van der Waals surface area contributed by atoms with Crippen LogP contribution in [0.3, 0.4) is 0 Å². The van der Waals surface area contributed by atoms with E-state index < -0.39 is 0 Å². The molecule has 0 saturated carbocycles. The Labute approximate surface area is 71.0 Å². The molecule has 0 bridgehead atoms. The number of thioether (sulfide) groups is 1. The van der Waals surface area contributed by atoms with Crippen molar-refractivity contribution in [2.24, 2.45) is 11.7 Å². The summed E-state index contributed by atoms with van der Waals surface area (Å²) >= 11 is 1.93. The normalized spacial score (nSPS) is 45.0. The van der Waals surface area contributed by atoms with Crippen molar-refractivity contribution in [3.63, 3.8) is 0 Å². The van der Waals surface area contributed by atoms with E-state index >= 15 is 0 Å². The zero-order valence-corrected chi connectivity index (χ0v) is 7.32.